The normalized spacial score (nSPS) is 14.1. The molecule has 0 aromatic carbocycles. The fraction of sp³-hybridized carbons (Fsp3) is 0.400. The van der Waals surface area contributed by atoms with Gasteiger partial charge in [-0.25, -0.2) is 4.39 Å². The van der Waals surface area contributed by atoms with Gasteiger partial charge in [0.1, 0.15) is 5.83 Å². The average molecular weight is 342 g/mol. The van der Waals surface area contributed by atoms with Crippen molar-refractivity contribution in [2.45, 2.75) is 39.8 Å². The smallest absolute Gasteiger partial charge is 0.206 e. The van der Waals surface area contributed by atoms with E-state index in [2.05, 4.69) is 47.1 Å². The predicted molar refractivity (Wildman–Crippen MR) is 94.2 cm³/mol. The zero-order chi connectivity index (χ0) is 19.1. The van der Waals surface area contributed by atoms with E-state index in [0.717, 1.165) is 18.4 Å². The van der Waals surface area contributed by atoms with Crippen molar-refractivity contribution < 1.29 is 17.6 Å². The third-order valence-electron chi connectivity index (χ3n) is 3.65. The second-order valence-electron chi connectivity index (χ2n) is 6.30. The van der Waals surface area contributed by atoms with Crippen LogP contribution in [-0.4, -0.2) is 6.18 Å². The second-order valence-corrected chi connectivity index (χ2v) is 6.30. The van der Waals surface area contributed by atoms with Gasteiger partial charge in [-0.05, 0) is 35.5 Å². The van der Waals surface area contributed by atoms with E-state index >= 15 is 0 Å². The quantitative estimate of drug-likeness (QED) is 0.306. The summed E-state index contributed by atoms with van der Waals surface area (Å²) < 4.78 is 50.6. The topological polar surface area (TPSA) is 0 Å². The fourth-order valence-corrected chi connectivity index (χ4v) is 1.72. The van der Waals surface area contributed by atoms with Crippen LogP contribution in [0, 0.1) is 11.8 Å². The first kappa shape index (κ1) is 22.2. The molecule has 1 atom stereocenters. The fourth-order valence-electron chi connectivity index (χ4n) is 1.72. The van der Waals surface area contributed by atoms with Crippen LogP contribution in [0.25, 0.3) is 0 Å². The molecule has 4 heteroatoms. The number of halogens is 4. The van der Waals surface area contributed by atoms with Crippen LogP contribution in [0.2, 0.25) is 0 Å². The van der Waals surface area contributed by atoms with E-state index in [-0.39, 0.29) is 11.5 Å². The van der Waals surface area contributed by atoms with Crippen LogP contribution >= 0.6 is 0 Å². The second kappa shape index (κ2) is 9.45. The molecule has 0 nitrogen and oxygen atoms in total. The van der Waals surface area contributed by atoms with Crippen molar-refractivity contribution in [3.05, 3.63) is 72.7 Å². The van der Waals surface area contributed by atoms with Gasteiger partial charge in [-0.15, -0.1) is 0 Å². The van der Waals surface area contributed by atoms with Gasteiger partial charge < -0.3 is 0 Å². The zero-order valence-electron chi connectivity index (χ0n) is 14.6. The number of alkyl halides is 3. The molecule has 0 aromatic rings. The third-order valence-corrected chi connectivity index (χ3v) is 3.65. The van der Waals surface area contributed by atoms with Gasteiger partial charge in [0.05, 0.1) is 5.57 Å². The molecule has 0 N–H and O–H groups in total. The molecule has 0 aromatic heterocycles. The lowest BCUT2D eigenvalue weighted by Crippen LogP contribution is -2.11. The summed E-state index contributed by atoms with van der Waals surface area (Å²) in [5.41, 5.74) is -0.282. The molecule has 0 radical (unpaired) electrons. The Hall–Kier alpha value is -1.84. The van der Waals surface area contributed by atoms with Crippen LogP contribution in [0.4, 0.5) is 17.6 Å². The summed E-state index contributed by atoms with van der Waals surface area (Å²) >= 11 is 0. The Morgan fingerprint density at radius 3 is 1.92 bits per heavy atom. The minimum atomic E-state index is -4.81. The number of hydrogen-bond acceptors (Lipinski definition) is 0. The Morgan fingerprint density at radius 2 is 1.46 bits per heavy atom. The maximum Gasteiger partial charge on any atom is 0.418 e. The molecule has 0 saturated heterocycles. The van der Waals surface area contributed by atoms with Crippen molar-refractivity contribution in [1.82, 2.24) is 0 Å². The molecule has 24 heavy (non-hydrogen) atoms. The molecule has 0 aliphatic rings. The summed E-state index contributed by atoms with van der Waals surface area (Å²) in [4.78, 5) is 0. The van der Waals surface area contributed by atoms with Gasteiger partial charge in [0.2, 0.25) is 0 Å². The van der Waals surface area contributed by atoms with E-state index in [1.54, 1.807) is 12.2 Å². The largest absolute Gasteiger partial charge is 0.418 e. The standard InChI is InChI=1S/C20H26F4/c1-13(2)8-9-14(3)15(4)10-11-16(5)17(6)12-19(21)18(7)20(22,23)24/h10-14H,4-9H2,1-3H3/b11-10-,19-12+. The van der Waals surface area contributed by atoms with Gasteiger partial charge >= 0.3 is 6.18 Å². The van der Waals surface area contributed by atoms with E-state index in [9.17, 15) is 17.6 Å². The highest BCUT2D eigenvalue weighted by atomic mass is 19.4. The van der Waals surface area contributed by atoms with E-state index in [0.29, 0.717) is 17.6 Å². The lowest BCUT2D eigenvalue weighted by Gasteiger charge is -2.13. The first-order valence-electron chi connectivity index (χ1n) is 7.75. The van der Waals surface area contributed by atoms with Gasteiger partial charge in [-0.3, -0.25) is 0 Å². The molecule has 134 valence electrons. The van der Waals surface area contributed by atoms with Crippen LogP contribution in [0.1, 0.15) is 33.6 Å². The first-order chi connectivity index (χ1) is 10.9. The minimum absolute atomic E-state index is 0.0526. The molecule has 0 bridgehead atoms. The van der Waals surface area contributed by atoms with Gasteiger partial charge in [0.15, 0.2) is 0 Å². The van der Waals surface area contributed by atoms with Crippen LogP contribution < -0.4 is 0 Å². The highest BCUT2D eigenvalue weighted by Crippen LogP contribution is 2.31. The van der Waals surface area contributed by atoms with E-state index < -0.39 is 17.6 Å². The molecule has 0 rings (SSSR count). The first-order valence-corrected chi connectivity index (χ1v) is 7.75. The van der Waals surface area contributed by atoms with E-state index in [1.165, 1.54) is 0 Å². The van der Waals surface area contributed by atoms with Crippen molar-refractivity contribution in [3.8, 4) is 0 Å². The van der Waals surface area contributed by atoms with Gasteiger partial charge in [0.25, 0.3) is 0 Å². The highest BCUT2D eigenvalue weighted by Gasteiger charge is 2.34. The van der Waals surface area contributed by atoms with Crippen LogP contribution in [0.3, 0.4) is 0 Å². The Morgan fingerprint density at radius 1 is 0.917 bits per heavy atom. The van der Waals surface area contributed by atoms with Crippen molar-refractivity contribution in [2.24, 2.45) is 11.8 Å². The Labute approximate surface area is 142 Å². The van der Waals surface area contributed by atoms with Crippen molar-refractivity contribution in [1.29, 1.82) is 0 Å². The summed E-state index contributed by atoms with van der Waals surface area (Å²) in [6, 6.07) is 0. The van der Waals surface area contributed by atoms with Crippen molar-refractivity contribution >= 4 is 0 Å². The molecular weight excluding hydrogens is 316 g/mol. The van der Waals surface area contributed by atoms with E-state index in [1.807, 2.05) is 0 Å². The zero-order valence-corrected chi connectivity index (χ0v) is 14.6. The highest BCUT2D eigenvalue weighted by molar-refractivity contribution is 5.47. The Bertz CT molecular complexity index is 557. The molecule has 0 spiro atoms. The lowest BCUT2D eigenvalue weighted by molar-refractivity contribution is -0.0906. The lowest BCUT2D eigenvalue weighted by atomic mass is 9.93. The number of rotatable bonds is 9. The van der Waals surface area contributed by atoms with E-state index in [4.69, 9.17) is 0 Å². The van der Waals surface area contributed by atoms with Gasteiger partial charge in [-0.2, -0.15) is 13.2 Å². The minimum Gasteiger partial charge on any atom is -0.206 e. The van der Waals surface area contributed by atoms with Crippen LogP contribution in [-0.2, 0) is 0 Å². The van der Waals surface area contributed by atoms with Crippen LogP contribution in [0.15, 0.2) is 72.7 Å². The summed E-state index contributed by atoms with van der Waals surface area (Å²) in [5, 5.41) is 0. The Kier molecular flexibility index (Phi) is 8.73. The summed E-state index contributed by atoms with van der Waals surface area (Å²) in [7, 11) is 0. The Balaban J connectivity index is 4.79. The summed E-state index contributed by atoms with van der Waals surface area (Å²) in [6.07, 6.45) is 1.27. The molecule has 0 fully saturated rings. The molecule has 0 heterocycles. The van der Waals surface area contributed by atoms with Gasteiger partial charge in [0, 0.05) is 0 Å². The number of hydrogen-bond donors (Lipinski definition) is 0. The summed E-state index contributed by atoms with van der Waals surface area (Å²) in [6.45, 7) is 20.2. The molecule has 0 aliphatic heterocycles. The molecule has 0 aliphatic carbocycles. The summed E-state index contributed by atoms with van der Waals surface area (Å²) in [5.74, 6) is -0.581. The van der Waals surface area contributed by atoms with Gasteiger partial charge in [-0.1, -0.05) is 71.2 Å². The average Bonchev–Trinajstić information content (AvgIpc) is 2.47. The SMILES string of the molecule is C=C(/C=C\C(=C)C(C)CCC(C)C)C(=C)/C=C(/F)C(=C)C(F)(F)F. The maximum atomic E-state index is 13.5. The van der Waals surface area contributed by atoms with Crippen molar-refractivity contribution in [3.63, 3.8) is 0 Å². The van der Waals surface area contributed by atoms with Crippen molar-refractivity contribution in [2.75, 3.05) is 0 Å². The molecule has 0 saturated carbocycles. The maximum absolute atomic E-state index is 13.5. The third kappa shape index (κ3) is 8.14. The monoisotopic (exact) mass is 342 g/mol. The molecular formula is C20H26F4. The number of allylic oxidation sites excluding steroid dienone is 8. The van der Waals surface area contributed by atoms with Crippen LogP contribution in [0.5, 0.6) is 0 Å². The molecule has 0 amide bonds. The predicted octanol–water partition coefficient (Wildman–Crippen LogP) is 7.26. The molecule has 1 unspecified atom stereocenters.